The van der Waals surface area contributed by atoms with Crippen LogP contribution in [0.1, 0.15) is 25.3 Å². The average molecular weight is 275 g/mol. The second-order valence-corrected chi connectivity index (χ2v) is 5.68. The third kappa shape index (κ3) is 3.50. The molecule has 4 nitrogen and oxygen atoms in total. The molecule has 1 aliphatic rings. The van der Waals surface area contributed by atoms with Crippen molar-refractivity contribution in [3.8, 4) is 5.75 Å². The van der Waals surface area contributed by atoms with Crippen LogP contribution in [-0.2, 0) is 0 Å². The topological polar surface area (TPSA) is 39.9 Å². The van der Waals surface area contributed by atoms with Crippen LogP contribution in [0.15, 0.2) is 41.8 Å². The molecule has 2 aromatic rings. The minimum absolute atomic E-state index is 0.651. The van der Waals surface area contributed by atoms with Gasteiger partial charge in [0.05, 0.1) is 6.61 Å². The summed E-state index contributed by atoms with van der Waals surface area (Å²) in [6.07, 6.45) is 5.39. The van der Waals surface area contributed by atoms with Crippen molar-refractivity contribution in [3.05, 3.63) is 36.7 Å². The molecular weight excluding hydrogens is 258 g/mol. The van der Waals surface area contributed by atoms with Crippen molar-refractivity contribution in [1.29, 1.82) is 0 Å². The lowest BCUT2D eigenvalue weighted by atomic mass is 10.3. The molecule has 0 aliphatic heterocycles. The van der Waals surface area contributed by atoms with E-state index in [4.69, 9.17) is 4.74 Å². The zero-order valence-corrected chi connectivity index (χ0v) is 11.6. The van der Waals surface area contributed by atoms with Gasteiger partial charge in [-0.1, -0.05) is 30.0 Å². The van der Waals surface area contributed by atoms with E-state index in [0.717, 1.165) is 29.7 Å². The number of aromatic nitrogens is 3. The van der Waals surface area contributed by atoms with E-state index in [1.807, 2.05) is 36.7 Å². The van der Waals surface area contributed by atoms with Gasteiger partial charge in [0.2, 0.25) is 0 Å². The van der Waals surface area contributed by atoms with E-state index >= 15 is 0 Å². The highest BCUT2D eigenvalue weighted by Crippen LogP contribution is 2.37. The minimum atomic E-state index is 0.651. The molecule has 1 fully saturated rings. The Labute approximate surface area is 117 Å². The molecule has 19 heavy (non-hydrogen) atoms. The van der Waals surface area contributed by atoms with E-state index in [2.05, 4.69) is 14.8 Å². The fourth-order valence-electron chi connectivity index (χ4n) is 1.87. The van der Waals surface area contributed by atoms with Gasteiger partial charge in [-0.3, -0.25) is 0 Å². The monoisotopic (exact) mass is 275 g/mol. The lowest BCUT2D eigenvalue weighted by Gasteiger charge is -2.06. The normalized spacial score (nSPS) is 14.5. The number of hydrogen-bond acceptors (Lipinski definition) is 4. The van der Waals surface area contributed by atoms with Crippen LogP contribution in [-0.4, -0.2) is 27.1 Å². The van der Waals surface area contributed by atoms with Gasteiger partial charge < -0.3 is 9.30 Å². The third-order valence-corrected chi connectivity index (χ3v) is 4.06. The Hall–Kier alpha value is -1.49. The molecule has 100 valence electrons. The van der Waals surface area contributed by atoms with E-state index in [1.165, 1.54) is 12.8 Å². The largest absolute Gasteiger partial charge is 0.494 e. The lowest BCUT2D eigenvalue weighted by molar-refractivity contribution is 0.318. The van der Waals surface area contributed by atoms with Gasteiger partial charge in [0, 0.05) is 11.8 Å². The molecule has 0 N–H and O–H groups in total. The van der Waals surface area contributed by atoms with Crippen LogP contribution in [0.3, 0.4) is 0 Å². The van der Waals surface area contributed by atoms with E-state index in [0.29, 0.717) is 6.04 Å². The average Bonchev–Trinajstić information content (AvgIpc) is 3.19. The zero-order chi connectivity index (χ0) is 12.9. The number of benzene rings is 1. The highest BCUT2D eigenvalue weighted by atomic mass is 32.2. The standard InChI is InChI=1S/C14H17N3OS/c1-2-5-13(6-3-1)18-9-4-10-19-14-16-15-11-17(14)12-7-8-12/h1-3,5-6,11-12H,4,7-10H2. The van der Waals surface area contributed by atoms with Gasteiger partial charge in [0.25, 0.3) is 0 Å². The van der Waals surface area contributed by atoms with Crippen LogP contribution in [0.5, 0.6) is 5.75 Å². The SMILES string of the molecule is c1ccc(OCCCSc2nncn2C2CC2)cc1. The molecule has 0 unspecified atom stereocenters. The summed E-state index contributed by atoms with van der Waals surface area (Å²) in [4.78, 5) is 0. The van der Waals surface area contributed by atoms with Crippen molar-refractivity contribution in [2.24, 2.45) is 0 Å². The summed E-state index contributed by atoms with van der Waals surface area (Å²) in [5, 5.41) is 9.20. The molecule has 0 saturated heterocycles. The highest BCUT2D eigenvalue weighted by Gasteiger charge is 2.25. The van der Waals surface area contributed by atoms with Gasteiger partial charge in [-0.15, -0.1) is 10.2 Å². The van der Waals surface area contributed by atoms with Crippen molar-refractivity contribution in [2.45, 2.75) is 30.5 Å². The lowest BCUT2D eigenvalue weighted by Crippen LogP contribution is -2.00. The Morgan fingerprint density at radius 2 is 2.11 bits per heavy atom. The number of nitrogens with zero attached hydrogens (tertiary/aromatic N) is 3. The molecule has 3 rings (SSSR count). The third-order valence-electron chi connectivity index (χ3n) is 3.01. The van der Waals surface area contributed by atoms with E-state index in [9.17, 15) is 0 Å². The van der Waals surface area contributed by atoms with Crippen LogP contribution in [0, 0.1) is 0 Å². The Bertz CT molecular complexity index is 510. The first-order valence-electron chi connectivity index (χ1n) is 6.63. The second kappa shape index (κ2) is 6.10. The summed E-state index contributed by atoms with van der Waals surface area (Å²) in [6, 6.07) is 10.6. The first-order valence-corrected chi connectivity index (χ1v) is 7.62. The molecule has 1 saturated carbocycles. The van der Waals surface area contributed by atoms with Crippen molar-refractivity contribution < 1.29 is 4.74 Å². The van der Waals surface area contributed by atoms with Crippen LogP contribution < -0.4 is 4.74 Å². The number of rotatable bonds is 7. The molecule has 0 atom stereocenters. The summed E-state index contributed by atoms with van der Waals surface area (Å²) in [6.45, 7) is 0.745. The van der Waals surface area contributed by atoms with Gasteiger partial charge in [-0.05, 0) is 31.4 Å². The Morgan fingerprint density at radius 1 is 1.26 bits per heavy atom. The van der Waals surface area contributed by atoms with Gasteiger partial charge in [0.1, 0.15) is 12.1 Å². The number of hydrogen-bond donors (Lipinski definition) is 0. The minimum Gasteiger partial charge on any atom is -0.494 e. The maximum absolute atomic E-state index is 5.66. The molecule has 0 amide bonds. The van der Waals surface area contributed by atoms with Crippen LogP contribution >= 0.6 is 11.8 Å². The Balaban J connectivity index is 1.38. The van der Waals surface area contributed by atoms with Crippen molar-refractivity contribution in [2.75, 3.05) is 12.4 Å². The maximum Gasteiger partial charge on any atom is 0.191 e. The summed E-state index contributed by atoms with van der Waals surface area (Å²) < 4.78 is 7.86. The summed E-state index contributed by atoms with van der Waals surface area (Å²) in [7, 11) is 0. The smallest absolute Gasteiger partial charge is 0.191 e. The summed E-state index contributed by atoms with van der Waals surface area (Å²) in [5.41, 5.74) is 0. The summed E-state index contributed by atoms with van der Waals surface area (Å²) >= 11 is 1.77. The molecule has 0 bridgehead atoms. The maximum atomic E-state index is 5.66. The number of thioether (sulfide) groups is 1. The van der Waals surface area contributed by atoms with Gasteiger partial charge in [-0.2, -0.15) is 0 Å². The molecule has 1 heterocycles. The molecule has 1 aromatic carbocycles. The molecule has 1 aromatic heterocycles. The van der Waals surface area contributed by atoms with Gasteiger partial charge in [-0.25, -0.2) is 0 Å². The molecule has 1 aliphatic carbocycles. The summed E-state index contributed by atoms with van der Waals surface area (Å²) in [5.74, 6) is 1.95. The molecule has 0 radical (unpaired) electrons. The van der Waals surface area contributed by atoms with E-state index in [-0.39, 0.29) is 0 Å². The first kappa shape index (κ1) is 12.5. The van der Waals surface area contributed by atoms with Gasteiger partial charge >= 0.3 is 0 Å². The predicted octanol–water partition coefficient (Wildman–Crippen LogP) is 3.17. The predicted molar refractivity (Wildman–Crippen MR) is 75.6 cm³/mol. The number of ether oxygens (including phenoxy) is 1. The number of para-hydroxylation sites is 1. The zero-order valence-electron chi connectivity index (χ0n) is 10.7. The van der Waals surface area contributed by atoms with E-state index < -0.39 is 0 Å². The van der Waals surface area contributed by atoms with Crippen LogP contribution in [0.4, 0.5) is 0 Å². The Kier molecular flexibility index (Phi) is 4.03. The van der Waals surface area contributed by atoms with Crippen molar-refractivity contribution >= 4 is 11.8 Å². The fourth-order valence-corrected chi connectivity index (χ4v) is 2.76. The molecule has 5 heteroatoms. The first-order chi connectivity index (χ1) is 9.43. The quantitative estimate of drug-likeness (QED) is 0.575. The van der Waals surface area contributed by atoms with Crippen LogP contribution in [0.25, 0.3) is 0 Å². The van der Waals surface area contributed by atoms with E-state index in [1.54, 1.807) is 11.8 Å². The van der Waals surface area contributed by atoms with Crippen molar-refractivity contribution in [3.63, 3.8) is 0 Å². The van der Waals surface area contributed by atoms with Crippen molar-refractivity contribution in [1.82, 2.24) is 14.8 Å². The fraction of sp³-hybridized carbons (Fsp3) is 0.429. The highest BCUT2D eigenvalue weighted by molar-refractivity contribution is 7.99. The molecule has 0 spiro atoms. The molecular formula is C14H17N3OS. The Morgan fingerprint density at radius 3 is 2.89 bits per heavy atom. The second-order valence-electron chi connectivity index (χ2n) is 4.62. The van der Waals surface area contributed by atoms with Crippen LogP contribution in [0.2, 0.25) is 0 Å². The van der Waals surface area contributed by atoms with Gasteiger partial charge in [0.15, 0.2) is 5.16 Å².